The minimum Gasteiger partial charge on any atom is -0.0748 e. The molecule has 2 aliphatic rings. The van der Waals surface area contributed by atoms with Crippen LogP contribution in [0.25, 0.3) is 17.2 Å². The first-order valence-corrected chi connectivity index (χ1v) is 14.3. The number of fused-ring (bicyclic) bond motifs is 1. The molecule has 0 fully saturated rings. The van der Waals surface area contributed by atoms with Crippen LogP contribution in [0.1, 0.15) is 44.4 Å². The molecule has 0 N–H and O–H groups in total. The molecule has 0 radical (unpaired) electrons. The summed E-state index contributed by atoms with van der Waals surface area (Å²) in [6.07, 6.45) is 4.96. The maximum absolute atomic E-state index is 2.62. The van der Waals surface area contributed by atoms with Gasteiger partial charge in [0.05, 0.1) is 0 Å². The Morgan fingerprint density at radius 2 is 1.41 bits per heavy atom. The monoisotopic (exact) mass is 432 g/mol. The second-order valence-electron chi connectivity index (χ2n) is 9.74. The Balaban J connectivity index is 1.76. The van der Waals surface area contributed by atoms with Crippen molar-refractivity contribution in [2.45, 2.75) is 39.8 Å². The molecule has 1 heteroatoms. The van der Waals surface area contributed by atoms with Crippen LogP contribution in [-0.4, -0.2) is 8.07 Å². The van der Waals surface area contributed by atoms with Gasteiger partial charge in [0.2, 0.25) is 0 Å². The molecule has 32 heavy (non-hydrogen) atoms. The number of hydrogen-bond acceptors (Lipinski definition) is 0. The Morgan fingerprint density at radius 1 is 0.750 bits per heavy atom. The molecule has 3 aromatic rings. The summed E-state index contributed by atoms with van der Waals surface area (Å²) in [6, 6.07) is 29.2. The van der Waals surface area contributed by atoms with Crippen molar-refractivity contribution in [2.75, 3.05) is 0 Å². The van der Waals surface area contributed by atoms with Gasteiger partial charge in [-0.15, -0.1) is 0 Å². The van der Waals surface area contributed by atoms with Gasteiger partial charge >= 0.3 is 0 Å². The second kappa shape index (κ2) is 7.90. The van der Waals surface area contributed by atoms with E-state index in [4.69, 9.17) is 0 Å². The van der Waals surface area contributed by atoms with E-state index in [0.29, 0.717) is 11.5 Å². The maximum atomic E-state index is 2.62. The van der Waals surface area contributed by atoms with Crippen molar-refractivity contribution in [3.63, 3.8) is 0 Å². The molecule has 0 saturated carbocycles. The highest BCUT2D eigenvalue weighted by Gasteiger charge is 2.48. The van der Waals surface area contributed by atoms with Gasteiger partial charge in [-0.25, -0.2) is 0 Å². The summed E-state index contributed by atoms with van der Waals surface area (Å²) >= 11 is 0. The molecule has 0 bridgehead atoms. The van der Waals surface area contributed by atoms with Gasteiger partial charge in [0, 0.05) is 5.54 Å². The van der Waals surface area contributed by atoms with Crippen LogP contribution >= 0.6 is 0 Å². The lowest BCUT2D eigenvalue weighted by atomic mass is 9.97. The predicted molar refractivity (Wildman–Crippen MR) is 142 cm³/mol. The Bertz CT molecular complexity index is 1260. The molecule has 0 saturated heterocycles. The second-order valence-corrected chi connectivity index (χ2v) is 13.8. The molecular formula is C31H32Si. The smallest absolute Gasteiger partial charge is 0.0748 e. The average Bonchev–Trinajstić information content (AvgIpc) is 3.29. The summed E-state index contributed by atoms with van der Waals surface area (Å²) in [7, 11) is -2.11. The van der Waals surface area contributed by atoms with Gasteiger partial charge < -0.3 is 0 Å². The molecule has 2 aliphatic carbocycles. The molecule has 0 aliphatic heterocycles. The van der Waals surface area contributed by atoms with E-state index in [-0.39, 0.29) is 0 Å². The molecule has 3 atom stereocenters. The summed E-state index contributed by atoms with van der Waals surface area (Å²) in [6.45, 7) is 12.0. The molecule has 0 amide bonds. The Labute approximate surface area is 194 Å². The third-order valence-corrected chi connectivity index (χ3v) is 13.2. The molecular weight excluding hydrogens is 400 g/mol. The third kappa shape index (κ3) is 3.10. The van der Waals surface area contributed by atoms with Crippen LogP contribution in [0.15, 0.2) is 107 Å². The number of hydrogen-bond donors (Lipinski definition) is 0. The van der Waals surface area contributed by atoms with E-state index >= 15 is 0 Å². The summed E-state index contributed by atoms with van der Waals surface area (Å²) in [5.41, 5.74) is 10.5. The number of benzene rings is 3. The van der Waals surface area contributed by atoms with Gasteiger partial charge in [-0.3, -0.25) is 0 Å². The molecule has 0 spiro atoms. The molecule has 0 aromatic heterocycles. The minimum absolute atomic E-state index is 0.454. The first kappa shape index (κ1) is 21.0. The van der Waals surface area contributed by atoms with Crippen molar-refractivity contribution in [1.82, 2.24) is 0 Å². The fourth-order valence-electron chi connectivity index (χ4n) is 6.45. The highest BCUT2D eigenvalue weighted by molar-refractivity contribution is 6.98. The van der Waals surface area contributed by atoms with Crippen molar-refractivity contribution < 1.29 is 0 Å². The first-order valence-electron chi connectivity index (χ1n) is 11.7. The molecule has 0 heterocycles. The lowest BCUT2D eigenvalue weighted by Crippen LogP contribution is -2.54. The summed E-state index contributed by atoms with van der Waals surface area (Å²) in [5, 5.41) is 3.25. The fraction of sp³-hybridized carbons (Fsp3) is 0.226. The van der Waals surface area contributed by atoms with Crippen molar-refractivity contribution in [3.8, 4) is 11.1 Å². The van der Waals surface area contributed by atoms with E-state index in [1.54, 1.807) is 10.4 Å². The van der Waals surface area contributed by atoms with Crippen LogP contribution in [0, 0.1) is 5.92 Å². The van der Waals surface area contributed by atoms with Crippen LogP contribution in [-0.2, 0) is 0 Å². The Morgan fingerprint density at radius 3 is 2.03 bits per heavy atom. The van der Waals surface area contributed by atoms with E-state index in [9.17, 15) is 0 Å². The van der Waals surface area contributed by atoms with Crippen LogP contribution in [0.3, 0.4) is 0 Å². The van der Waals surface area contributed by atoms with Crippen LogP contribution < -0.4 is 5.19 Å². The lowest BCUT2D eigenvalue weighted by Gasteiger charge is -2.40. The van der Waals surface area contributed by atoms with Gasteiger partial charge in [0.15, 0.2) is 0 Å². The Kier molecular flexibility index (Phi) is 5.18. The van der Waals surface area contributed by atoms with Gasteiger partial charge in [0.25, 0.3) is 0 Å². The zero-order valence-corrected chi connectivity index (χ0v) is 20.8. The fourth-order valence-corrected chi connectivity index (χ4v) is 12.2. The highest BCUT2D eigenvalue weighted by atomic mass is 28.3. The lowest BCUT2D eigenvalue weighted by molar-refractivity contribution is 0.904. The largest absolute Gasteiger partial charge is 0.122 e. The van der Waals surface area contributed by atoms with E-state index in [1.165, 1.54) is 39.0 Å². The summed E-state index contributed by atoms with van der Waals surface area (Å²) < 4.78 is 0. The predicted octanol–water partition coefficient (Wildman–Crippen LogP) is 7.83. The van der Waals surface area contributed by atoms with Crippen molar-refractivity contribution in [2.24, 2.45) is 5.92 Å². The van der Waals surface area contributed by atoms with Crippen LogP contribution in [0.4, 0.5) is 0 Å². The molecule has 5 rings (SSSR count). The molecule has 3 unspecified atom stereocenters. The standard InChI is InChI=1S/C31H32Si/c1-21-19-22(2)30(24(21)4)32(5,26-15-10-7-11-16-26)31-23(3)20-29-27(17-12-18-28(29)31)25-13-8-6-9-14-25/h6-20,22,31H,1-5H3. The van der Waals surface area contributed by atoms with Crippen LogP contribution in [0.2, 0.25) is 6.55 Å². The topological polar surface area (TPSA) is 0 Å². The average molecular weight is 433 g/mol. The summed E-state index contributed by atoms with van der Waals surface area (Å²) in [4.78, 5) is 0. The summed E-state index contributed by atoms with van der Waals surface area (Å²) in [5.74, 6) is 0.501. The van der Waals surface area contributed by atoms with Crippen molar-refractivity contribution in [1.29, 1.82) is 0 Å². The molecule has 160 valence electrons. The first-order chi connectivity index (χ1) is 15.4. The van der Waals surface area contributed by atoms with E-state index in [1.807, 2.05) is 0 Å². The SMILES string of the molecule is CC1=CC(C)C([Si](C)(c2ccccc2)C2C(C)=Cc3c(-c4ccccc4)cccc32)=C1C. The minimum atomic E-state index is -2.11. The number of allylic oxidation sites excluding steroid dienone is 5. The third-order valence-electron chi connectivity index (χ3n) is 7.82. The zero-order valence-electron chi connectivity index (χ0n) is 19.8. The van der Waals surface area contributed by atoms with Gasteiger partial charge in [-0.2, -0.15) is 0 Å². The van der Waals surface area contributed by atoms with Crippen LogP contribution in [0.5, 0.6) is 0 Å². The quantitative estimate of drug-likeness (QED) is 0.368. The number of rotatable bonds is 4. The van der Waals surface area contributed by atoms with Gasteiger partial charge in [-0.05, 0) is 48.9 Å². The van der Waals surface area contributed by atoms with Crippen molar-refractivity contribution in [3.05, 3.63) is 118 Å². The van der Waals surface area contributed by atoms with E-state index < -0.39 is 8.07 Å². The highest BCUT2D eigenvalue weighted by Crippen LogP contribution is 2.50. The normalized spacial score (nSPS) is 21.8. The van der Waals surface area contributed by atoms with E-state index in [0.717, 1.165) is 0 Å². The van der Waals surface area contributed by atoms with Gasteiger partial charge in [0.1, 0.15) is 8.07 Å². The van der Waals surface area contributed by atoms with Crippen molar-refractivity contribution >= 4 is 19.3 Å². The maximum Gasteiger partial charge on any atom is 0.122 e. The molecule has 0 nitrogen and oxygen atoms in total. The molecule has 3 aromatic carbocycles. The van der Waals surface area contributed by atoms with Gasteiger partial charge in [-0.1, -0.05) is 132 Å². The zero-order chi connectivity index (χ0) is 22.5. The van der Waals surface area contributed by atoms with E-state index in [2.05, 4.69) is 125 Å². The Hall–Kier alpha value is -2.90.